The number of carbonyl (C=O) groups excluding carboxylic acids is 1. The van der Waals surface area contributed by atoms with Crippen LogP contribution >= 0.6 is 11.3 Å². The fraction of sp³-hybridized carbons (Fsp3) is 0.176. The molecule has 0 atom stereocenters. The lowest BCUT2D eigenvalue weighted by molar-refractivity contribution is 0.0532. The van der Waals surface area contributed by atoms with Gasteiger partial charge in [0.25, 0.3) is 0 Å². The second kappa shape index (κ2) is 6.24. The van der Waals surface area contributed by atoms with Crippen LogP contribution < -0.4 is 0 Å². The molecule has 2 aromatic carbocycles. The van der Waals surface area contributed by atoms with E-state index in [4.69, 9.17) is 4.74 Å². The minimum Gasteiger partial charge on any atom is -0.462 e. The van der Waals surface area contributed by atoms with E-state index in [2.05, 4.69) is 4.98 Å². The van der Waals surface area contributed by atoms with Gasteiger partial charge in [-0.1, -0.05) is 0 Å². The molecule has 0 aliphatic carbocycles. The van der Waals surface area contributed by atoms with Crippen molar-refractivity contribution in [2.45, 2.75) is 13.8 Å². The van der Waals surface area contributed by atoms with Gasteiger partial charge in [-0.05, 0) is 31.5 Å². The second-order valence-electron chi connectivity index (χ2n) is 5.12. The molecule has 3 aromatic rings. The molecule has 0 radical (unpaired) electrons. The topological polar surface area (TPSA) is 39.2 Å². The Morgan fingerprint density at radius 1 is 1.21 bits per heavy atom. The third-order valence-electron chi connectivity index (χ3n) is 3.50. The predicted molar refractivity (Wildman–Crippen MR) is 85.6 cm³/mol. The number of benzene rings is 2. The van der Waals surface area contributed by atoms with Gasteiger partial charge in [-0.15, -0.1) is 11.3 Å². The highest BCUT2D eigenvalue weighted by Crippen LogP contribution is 2.33. The molecule has 0 saturated carbocycles. The van der Waals surface area contributed by atoms with Crippen LogP contribution in [0, 0.1) is 24.4 Å². The SMILES string of the molecule is CCOC(=O)c1cnc(-c2cc(C)c3c(F)cc(F)c(F)c3c2)s1. The smallest absolute Gasteiger partial charge is 0.349 e. The summed E-state index contributed by atoms with van der Waals surface area (Å²) in [5.74, 6) is -3.68. The van der Waals surface area contributed by atoms with Gasteiger partial charge < -0.3 is 4.74 Å². The maximum absolute atomic E-state index is 14.1. The molecule has 0 bridgehead atoms. The van der Waals surface area contributed by atoms with Crippen LogP contribution in [0.1, 0.15) is 22.2 Å². The largest absolute Gasteiger partial charge is 0.462 e. The van der Waals surface area contributed by atoms with E-state index in [1.54, 1.807) is 19.9 Å². The Balaban J connectivity index is 2.15. The minimum absolute atomic E-state index is 0.0276. The molecule has 24 heavy (non-hydrogen) atoms. The summed E-state index contributed by atoms with van der Waals surface area (Å²) in [6.45, 7) is 3.54. The van der Waals surface area contributed by atoms with E-state index < -0.39 is 23.4 Å². The Bertz CT molecular complexity index is 953. The number of carbonyl (C=O) groups is 1. The number of ether oxygens (including phenoxy) is 1. The Morgan fingerprint density at radius 2 is 1.96 bits per heavy atom. The van der Waals surface area contributed by atoms with Crippen molar-refractivity contribution in [3.05, 3.63) is 52.3 Å². The van der Waals surface area contributed by atoms with Gasteiger partial charge >= 0.3 is 5.97 Å². The van der Waals surface area contributed by atoms with Crippen molar-refractivity contribution in [1.82, 2.24) is 4.98 Å². The molecule has 0 fully saturated rings. The van der Waals surface area contributed by atoms with Gasteiger partial charge in [0.15, 0.2) is 11.6 Å². The van der Waals surface area contributed by atoms with Crippen molar-refractivity contribution in [2.24, 2.45) is 0 Å². The van der Waals surface area contributed by atoms with E-state index >= 15 is 0 Å². The lowest BCUT2D eigenvalue weighted by Gasteiger charge is -2.08. The average molecular weight is 351 g/mol. The fourth-order valence-corrected chi connectivity index (χ4v) is 3.28. The number of hydrogen-bond donors (Lipinski definition) is 0. The van der Waals surface area contributed by atoms with Crippen molar-refractivity contribution < 1.29 is 22.7 Å². The molecule has 0 aliphatic rings. The standard InChI is InChI=1S/C17H12F3NO2S/c1-3-23-17(22)13-7-21-16(24-13)9-4-8(2)14-10(5-9)15(20)12(19)6-11(14)18/h4-7H,3H2,1-2H3. The van der Waals surface area contributed by atoms with E-state index in [0.717, 1.165) is 11.3 Å². The highest BCUT2D eigenvalue weighted by Gasteiger charge is 2.18. The maximum atomic E-state index is 14.1. The first-order chi connectivity index (χ1) is 11.4. The fourth-order valence-electron chi connectivity index (χ4n) is 2.48. The third-order valence-corrected chi connectivity index (χ3v) is 4.53. The van der Waals surface area contributed by atoms with Gasteiger partial charge in [0.05, 0.1) is 12.8 Å². The van der Waals surface area contributed by atoms with E-state index in [0.29, 0.717) is 27.1 Å². The van der Waals surface area contributed by atoms with Crippen LogP contribution in [-0.4, -0.2) is 17.6 Å². The number of thiazole rings is 1. The summed E-state index contributed by atoms with van der Waals surface area (Å²) in [4.78, 5) is 16.1. The molecule has 1 aromatic heterocycles. The molecule has 0 N–H and O–H groups in total. The zero-order valence-electron chi connectivity index (χ0n) is 12.8. The Hall–Kier alpha value is -2.41. The molecule has 0 amide bonds. The van der Waals surface area contributed by atoms with Crippen LogP contribution in [0.15, 0.2) is 24.4 Å². The Kier molecular flexibility index (Phi) is 4.28. The first-order valence-electron chi connectivity index (χ1n) is 7.13. The van der Waals surface area contributed by atoms with Gasteiger partial charge in [-0.25, -0.2) is 22.9 Å². The van der Waals surface area contributed by atoms with Crippen molar-refractivity contribution >= 4 is 28.1 Å². The first-order valence-corrected chi connectivity index (χ1v) is 7.95. The summed E-state index contributed by atoms with van der Waals surface area (Å²) in [5, 5.41) is 0.308. The molecule has 124 valence electrons. The van der Waals surface area contributed by atoms with Crippen LogP contribution in [0.3, 0.4) is 0 Å². The van der Waals surface area contributed by atoms with Crippen molar-refractivity contribution in [1.29, 1.82) is 0 Å². The molecule has 0 aliphatic heterocycles. The zero-order chi connectivity index (χ0) is 17.4. The quantitative estimate of drug-likeness (QED) is 0.499. The van der Waals surface area contributed by atoms with Crippen molar-refractivity contribution in [3.63, 3.8) is 0 Å². The molecule has 0 unspecified atom stereocenters. The second-order valence-corrected chi connectivity index (χ2v) is 6.15. The predicted octanol–water partition coefficient (Wildman–Crippen LogP) is 4.87. The summed E-state index contributed by atoms with van der Waals surface area (Å²) in [6.07, 6.45) is 1.36. The van der Waals surface area contributed by atoms with Gasteiger partial charge in [0.1, 0.15) is 15.7 Å². The Labute approximate surface area is 139 Å². The number of esters is 1. The highest BCUT2D eigenvalue weighted by molar-refractivity contribution is 7.16. The van der Waals surface area contributed by atoms with Gasteiger partial charge in [0.2, 0.25) is 0 Å². The number of aryl methyl sites for hydroxylation is 1. The number of fused-ring (bicyclic) bond motifs is 1. The summed E-state index contributed by atoms with van der Waals surface area (Å²) in [5.41, 5.74) is 0.927. The first kappa shape index (κ1) is 16.4. The van der Waals surface area contributed by atoms with Gasteiger partial charge in [-0.2, -0.15) is 0 Å². The molecular formula is C17H12F3NO2S. The van der Waals surface area contributed by atoms with Crippen LogP contribution in [0.5, 0.6) is 0 Å². The lowest BCUT2D eigenvalue weighted by atomic mass is 10.0. The molecule has 3 nitrogen and oxygen atoms in total. The number of aromatic nitrogens is 1. The van der Waals surface area contributed by atoms with E-state index in [9.17, 15) is 18.0 Å². The number of hydrogen-bond acceptors (Lipinski definition) is 4. The average Bonchev–Trinajstić information content (AvgIpc) is 3.02. The van der Waals surface area contributed by atoms with Gasteiger partial charge in [0, 0.05) is 22.4 Å². The van der Waals surface area contributed by atoms with Crippen LogP contribution in [0.4, 0.5) is 13.2 Å². The summed E-state index contributed by atoms with van der Waals surface area (Å²) in [6, 6.07) is 3.49. The normalized spacial score (nSPS) is 11.0. The number of rotatable bonds is 3. The summed E-state index contributed by atoms with van der Waals surface area (Å²) >= 11 is 1.07. The summed E-state index contributed by atoms with van der Waals surface area (Å²) < 4.78 is 46.4. The van der Waals surface area contributed by atoms with Crippen LogP contribution in [0.2, 0.25) is 0 Å². The molecule has 0 saturated heterocycles. The highest BCUT2D eigenvalue weighted by atomic mass is 32.1. The van der Waals surface area contributed by atoms with Gasteiger partial charge in [-0.3, -0.25) is 0 Å². The van der Waals surface area contributed by atoms with E-state index in [1.807, 2.05) is 0 Å². The molecule has 1 heterocycles. The monoisotopic (exact) mass is 351 g/mol. The van der Waals surface area contributed by atoms with Crippen LogP contribution in [-0.2, 0) is 4.74 Å². The van der Waals surface area contributed by atoms with Crippen molar-refractivity contribution in [2.75, 3.05) is 6.61 Å². The van der Waals surface area contributed by atoms with E-state index in [1.165, 1.54) is 12.3 Å². The minimum atomic E-state index is -1.25. The molecule has 0 spiro atoms. The molecule has 7 heteroatoms. The van der Waals surface area contributed by atoms with Crippen molar-refractivity contribution in [3.8, 4) is 10.6 Å². The lowest BCUT2D eigenvalue weighted by Crippen LogP contribution is -2.01. The molecule has 3 rings (SSSR count). The third kappa shape index (κ3) is 2.75. The molecular weight excluding hydrogens is 339 g/mol. The summed E-state index contributed by atoms with van der Waals surface area (Å²) in [7, 11) is 0. The zero-order valence-corrected chi connectivity index (χ0v) is 13.6. The van der Waals surface area contributed by atoms with E-state index in [-0.39, 0.29) is 17.4 Å². The Morgan fingerprint density at radius 3 is 2.67 bits per heavy atom. The van der Waals surface area contributed by atoms with Crippen LogP contribution in [0.25, 0.3) is 21.3 Å². The number of nitrogens with zero attached hydrogens (tertiary/aromatic N) is 1. The number of halogens is 3. The maximum Gasteiger partial charge on any atom is 0.349 e.